The number of carbonyl (C=O) groups is 1. The summed E-state index contributed by atoms with van der Waals surface area (Å²) in [7, 11) is 1.79. The molecule has 0 saturated heterocycles. The maximum atomic E-state index is 13.5. The number of aryl methyl sites for hydroxylation is 2. The molecule has 4 aromatic rings. The number of anilines is 1. The third kappa shape index (κ3) is 3.11. The third-order valence-electron chi connectivity index (χ3n) is 7.84. The van der Waals surface area contributed by atoms with Crippen LogP contribution in [0, 0.1) is 13.8 Å². The molecule has 0 amide bonds. The van der Waals surface area contributed by atoms with Gasteiger partial charge in [-0.05, 0) is 63.8 Å². The van der Waals surface area contributed by atoms with Gasteiger partial charge >= 0.3 is 5.97 Å². The molecule has 2 heterocycles. The summed E-state index contributed by atoms with van der Waals surface area (Å²) in [5.41, 5.74) is 2.80. The molecule has 2 N–H and O–H groups in total. The average molecular weight is 486 g/mol. The normalized spacial score (nSPS) is 23.1. The molecule has 36 heavy (non-hydrogen) atoms. The van der Waals surface area contributed by atoms with Crippen LogP contribution in [0.5, 0.6) is 0 Å². The molecular weight excluding hydrogens is 458 g/mol. The van der Waals surface area contributed by atoms with E-state index < -0.39 is 5.97 Å². The maximum Gasteiger partial charge on any atom is 0.337 e. The Morgan fingerprint density at radius 1 is 1.14 bits per heavy atom. The number of nitrogens with zero attached hydrogens (tertiary/aromatic N) is 4. The van der Waals surface area contributed by atoms with Crippen molar-refractivity contribution in [2.45, 2.75) is 56.9 Å². The van der Waals surface area contributed by atoms with E-state index in [-0.39, 0.29) is 28.0 Å². The lowest BCUT2D eigenvalue weighted by molar-refractivity contribution is -0.0966. The predicted molar refractivity (Wildman–Crippen MR) is 133 cm³/mol. The van der Waals surface area contributed by atoms with Crippen LogP contribution in [0.15, 0.2) is 45.7 Å². The number of aromatic nitrogens is 4. The van der Waals surface area contributed by atoms with Crippen molar-refractivity contribution in [3.05, 3.63) is 81.0 Å². The molecule has 9 nitrogen and oxygen atoms in total. The van der Waals surface area contributed by atoms with E-state index in [0.29, 0.717) is 28.3 Å². The molecule has 3 fully saturated rings. The minimum Gasteiger partial charge on any atom is -0.478 e. The van der Waals surface area contributed by atoms with Crippen LogP contribution in [0.25, 0.3) is 10.9 Å². The monoisotopic (exact) mass is 485 g/mol. The third-order valence-corrected chi connectivity index (χ3v) is 7.84. The fourth-order valence-electron chi connectivity index (χ4n) is 6.23. The molecule has 0 unspecified atom stereocenters. The van der Waals surface area contributed by atoms with Crippen molar-refractivity contribution >= 4 is 22.6 Å². The number of para-hydroxylation sites is 1. The van der Waals surface area contributed by atoms with Gasteiger partial charge in [0.15, 0.2) is 5.82 Å². The van der Waals surface area contributed by atoms with E-state index in [0.717, 1.165) is 36.2 Å². The molecule has 3 aliphatic rings. The number of aromatic carboxylic acids is 1. The van der Waals surface area contributed by atoms with E-state index >= 15 is 0 Å². The number of rotatable bonds is 6. The first-order valence-electron chi connectivity index (χ1n) is 12.0. The van der Waals surface area contributed by atoms with Gasteiger partial charge in [0, 0.05) is 23.7 Å². The van der Waals surface area contributed by atoms with Gasteiger partial charge in [-0.2, -0.15) is 4.98 Å². The van der Waals surface area contributed by atoms with Crippen molar-refractivity contribution in [2.75, 3.05) is 5.32 Å². The Kier molecular flexibility index (Phi) is 4.67. The van der Waals surface area contributed by atoms with Crippen molar-refractivity contribution in [1.29, 1.82) is 0 Å². The summed E-state index contributed by atoms with van der Waals surface area (Å²) in [6.07, 6.45) is 2.48. The van der Waals surface area contributed by atoms with E-state index in [1.54, 1.807) is 35.9 Å². The van der Waals surface area contributed by atoms with Crippen LogP contribution in [0.4, 0.5) is 5.69 Å². The van der Waals surface area contributed by atoms with Crippen LogP contribution >= 0.6 is 0 Å². The van der Waals surface area contributed by atoms with Crippen LogP contribution < -0.4 is 10.9 Å². The smallest absolute Gasteiger partial charge is 0.337 e. The van der Waals surface area contributed by atoms with Crippen molar-refractivity contribution in [3.8, 4) is 0 Å². The molecule has 7 rings (SSSR count). The quantitative estimate of drug-likeness (QED) is 0.417. The van der Waals surface area contributed by atoms with Gasteiger partial charge in [0.1, 0.15) is 5.82 Å². The number of carboxylic acid groups (broad SMARTS) is 1. The summed E-state index contributed by atoms with van der Waals surface area (Å²) < 4.78 is 7.15. The number of carboxylic acids is 1. The van der Waals surface area contributed by atoms with E-state index in [2.05, 4.69) is 15.5 Å². The minimum atomic E-state index is -0.998. The van der Waals surface area contributed by atoms with Gasteiger partial charge in [0.2, 0.25) is 5.89 Å². The van der Waals surface area contributed by atoms with Gasteiger partial charge in [-0.3, -0.25) is 9.36 Å². The predicted octanol–water partition coefficient (Wildman–Crippen LogP) is 4.18. The second-order valence-corrected chi connectivity index (χ2v) is 10.5. The van der Waals surface area contributed by atoms with Gasteiger partial charge in [0.25, 0.3) is 5.56 Å². The number of hydrogen-bond donors (Lipinski definition) is 2. The van der Waals surface area contributed by atoms with Gasteiger partial charge in [-0.15, -0.1) is 0 Å². The first-order chi connectivity index (χ1) is 17.1. The number of fused-ring (bicyclic) bond motifs is 1. The highest BCUT2D eigenvalue weighted by Crippen LogP contribution is 2.73. The summed E-state index contributed by atoms with van der Waals surface area (Å²) in [5, 5.41) is 17.4. The summed E-state index contributed by atoms with van der Waals surface area (Å²) >= 11 is 0. The van der Waals surface area contributed by atoms with Crippen molar-refractivity contribution < 1.29 is 14.4 Å². The Morgan fingerprint density at radius 3 is 2.53 bits per heavy atom. The minimum absolute atomic E-state index is 0.0782. The molecule has 3 aliphatic carbocycles. The summed E-state index contributed by atoms with van der Waals surface area (Å²) in [6, 6.07) is 10.4. The first-order valence-corrected chi connectivity index (χ1v) is 12.0. The first kappa shape index (κ1) is 22.5. The topological polar surface area (TPSA) is 123 Å². The molecule has 0 aliphatic heterocycles. The highest BCUT2D eigenvalue weighted by Gasteiger charge is 2.73. The molecule has 2 bridgehead atoms. The Labute approximate surface area is 207 Å². The zero-order valence-corrected chi connectivity index (χ0v) is 20.6. The second-order valence-electron chi connectivity index (χ2n) is 10.5. The lowest BCUT2D eigenvalue weighted by Gasteiger charge is -2.68. The Bertz CT molecular complexity index is 1600. The van der Waals surface area contributed by atoms with Crippen LogP contribution in [-0.4, -0.2) is 30.8 Å². The van der Waals surface area contributed by atoms with Gasteiger partial charge in [0.05, 0.1) is 27.9 Å². The van der Waals surface area contributed by atoms with Crippen LogP contribution in [0.2, 0.25) is 0 Å². The van der Waals surface area contributed by atoms with E-state index in [9.17, 15) is 14.7 Å². The fraction of sp³-hybridized carbons (Fsp3) is 0.370. The lowest BCUT2D eigenvalue weighted by Crippen LogP contribution is -2.68. The molecule has 0 radical (unpaired) electrons. The molecule has 0 spiro atoms. The van der Waals surface area contributed by atoms with Crippen molar-refractivity contribution in [2.24, 2.45) is 7.05 Å². The number of benzene rings is 2. The van der Waals surface area contributed by atoms with E-state index in [1.807, 2.05) is 32.9 Å². The van der Waals surface area contributed by atoms with Gasteiger partial charge < -0.3 is 14.9 Å². The Hall–Kier alpha value is -4.01. The average Bonchev–Trinajstić information content (AvgIpc) is 3.21. The highest BCUT2D eigenvalue weighted by atomic mass is 16.5. The molecule has 2 aromatic carbocycles. The van der Waals surface area contributed by atoms with Crippen molar-refractivity contribution in [1.82, 2.24) is 19.7 Å². The number of hydrogen-bond acceptors (Lipinski definition) is 7. The molecule has 1 atom stereocenters. The Morgan fingerprint density at radius 2 is 1.86 bits per heavy atom. The van der Waals surface area contributed by atoms with E-state index in [1.165, 1.54) is 0 Å². The van der Waals surface area contributed by atoms with Crippen LogP contribution in [-0.2, 0) is 17.9 Å². The van der Waals surface area contributed by atoms with Gasteiger partial charge in [-0.1, -0.05) is 23.4 Å². The largest absolute Gasteiger partial charge is 0.478 e. The van der Waals surface area contributed by atoms with E-state index in [4.69, 9.17) is 9.51 Å². The fourth-order valence-corrected chi connectivity index (χ4v) is 6.23. The molecule has 2 aromatic heterocycles. The number of nitrogens with one attached hydrogen (secondary N) is 1. The van der Waals surface area contributed by atoms with Crippen LogP contribution in [0.1, 0.15) is 71.3 Å². The van der Waals surface area contributed by atoms with Gasteiger partial charge in [-0.25, -0.2) is 9.78 Å². The lowest BCUT2D eigenvalue weighted by atomic mass is 9.34. The zero-order valence-electron chi connectivity index (χ0n) is 20.6. The molecule has 184 valence electrons. The summed E-state index contributed by atoms with van der Waals surface area (Å²) in [6.45, 7) is 5.72. The Balaban J connectivity index is 1.41. The van der Waals surface area contributed by atoms with Crippen molar-refractivity contribution in [3.63, 3.8) is 0 Å². The summed E-state index contributed by atoms with van der Waals surface area (Å²) in [5.74, 6) is 1.09. The standard InChI is InChI=1S/C27H27N5O4/c1-14-9-18(15(2)28-20-8-6-5-7-17(20)23(34)35)21-19(10-14)22(33)32(4)24(30-21)26-11-27(12-26,13-26)25-29-16(3)31-36-25/h5-10,15,28H,11-13H2,1-4H3,(H,34,35)/t15-,26?,27?/m1/s1. The molecule has 3 saturated carbocycles. The molecular formula is C27H27N5O4. The maximum absolute atomic E-state index is 13.5. The second kappa shape index (κ2) is 7.49. The molecule has 9 heteroatoms. The SMILES string of the molecule is Cc1cc([C@@H](C)Nc2ccccc2C(=O)O)c2nc(C34CC(c5nc(C)no5)(C3)C4)n(C)c(=O)c2c1. The summed E-state index contributed by atoms with van der Waals surface area (Å²) in [4.78, 5) is 34.8. The van der Waals surface area contributed by atoms with Crippen LogP contribution in [0.3, 0.4) is 0 Å². The zero-order chi connectivity index (χ0) is 25.4. The highest BCUT2D eigenvalue weighted by molar-refractivity contribution is 5.94.